The van der Waals surface area contributed by atoms with Crippen LogP contribution in [0.5, 0.6) is 0 Å². The van der Waals surface area contributed by atoms with Crippen LogP contribution in [0.1, 0.15) is 70.2 Å². The molecule has 1 amide bonds. The Balaban J connectivity index is 1.30. The molecule has 6 heteroatoms. The summed E-state index contributed by atoms with van der Waals surface area (Å²) in [6.07, 6.45) is 5.47. The molecule has 6 nitrogen and oxygen atoms in total. The fourth-order valence-electron chi connectivity index (χ4n) is 6.50. The number of amides is 1. The van der Waals surface area contributed by atoms with Gasteiger partial charge in [-0.2, -0.15) is 0 Å². The van der Waals surface area contributed by atoms with Crippen LogP contribution in [0.15, 0.2) is 114 Å². The molecule has 0 saturated heterocycles. The van der Waals surface area contributed by atoms with Gasteiger partial charge in [-0.25, -0.2) is 9.59 Å². The SMILES string of the molecule is CC1=CC2C(C(=O)Nc3cc(C#Cc4ccc(C(=O)O)cc4)ccc3-c3ccc(C#Cc4ccc(C(=O)O)cc4)cc3)=CC1CC2C(C)C. The lowest BCUT2D eigenvalue weighted by Crippen LogP contribution is -2.36. The molecule has 0 heterocycles. The molecule has 3 aliphatic carbocycles. The van der Waals surface area contributed by atoms with Crippen LogP contribution in [0, 0.1) is 47.4 Å². The first-order chi connectivity index (χ1) is 23.5. The number of rotatable bonds is 6. The second-order valence-electron chi connectivity index (χ2n) is 12.9. The van der Waals surface area contributed by atoms with Crippen LogP contribution in [-0.2, 0) is 4.79 Å². The zero-order valence-electron chi connectivity index (χ0n) is 27.5. The second kappa shape index (κ2) is 13.9. The van der Waals surface area contributed by atoms with E-state index in [0.29, 0.717) is 34.2 Å². The Morgan fingerprint density at radius 1 is 0.694 bits per heavy atom. The summed E-state index contributed by atoms with van der Waals surface area (Å²) in [7, 11) is 0. The molecular formula is C43H35NO5. The van der Waals surface area contributed by atoms with E-state index < -0.39 is 11.9 Å². The third-order valence-electron chi connectivity index (χ3n) is 9.30. The quantitative estimate of drug-likeness (QED) is 0.145. The minimum absolute atomic E-state index is 0.0726. The molecule has 0 saturated carbocycles. The van der Waals surface area contributed by atoms with Gasteiger partial charge in [0, 0.05) is 39.3 Å². The van der Waals surface area contributed by atoms with E-state index in [1.165, 1.54) is 29.8 Å². The number of aromatic carboxylic acids is 2. The Hall–Kier alpha value is -6.11. The molecule has 7 rings (SSSR count). The largest absolute Gasteiger partial charge is 0.478 e. The van der Waals surface area contributed by atoms with Gasteiger partial charge in [0.1, 0.15) is 0 Å². The average Bonchev–Trinajstić information content (AvgIpc) is 3.10. The molecule has 0 spiro atoms. The van der Waals surface area contributed by atoms with Gasteiger partial charge in [0.25, 0.3) is 5.91 Å². The molecule has 4 aromatic carbocycles. The predicted octanol–water partition coefficient (Wildman–Crippen LogP) is 8.28. The maximum atomic E-state index is 14.0. The summed E-state index contributed by atoms with van der Waals surface area (Å²) >= 11 is 0. The first-order valence-corrected chi connectivity index (χ1v) is 16.2. The standard InChI is InChI=1S/C43H35NO5/c1-26(2)37-24-35-25-39(38(37)22-27(35)3)41(45)44-40-23-31(7-6-30-12-19-34(20-13-30)43(48)49)14-21-36(40)32-15-8-28(9-16-32)4-5-29-10-17-33(18-11-29)42(46)47/h8-23,25-26,35,37-38H,24H2,1-3H3,(H,44,45)(H,46,47)(H,48,49). The van der Waals surface area contributed by atoms with E-state index >= 15 is 0 Å². The summed E-state index contributed by atoms with van der Waals surface area (Å²) in [5.74, 6) is 11.6. The number of hydrogen-bond acceptors (Lipinski definition) is 3. The summed E-state index contributed by atoms with van der Waals surface area (Å²) < 4.78 is 0. The molecule has 4 aromatic rings. The number of carbonyl (C=O) groups is 3. The number of hydrogen-bond donors (Lipinski definition) is 3. The van der Waals surface area contributed by atoms with Crippen molar-refractivity contribution >= 4 is 23.5 Å². The van der Waals surface area contributed by atoms with Gasteiger partial charge in [0.15, 0.2) is 0 Å². The third-order valence-corrected chi connectivity index (χ3v) is 9.30. The highest BCUT2D eigenvalue weighted by Gasteiger charge is 2.39. The molecule has 0 aromatic heterocycles. The van der Waals surface area contributed by atoms with Crippen molar-refractivity contribution < 1.29 is 24.6 Å². The molecule has 49 heavy (non-hydrogen) atoms. The van der Waals surface area contributed by atoms with Crippen LogP contribution in [0.4, 0.5) is 5.69 Å². The normalized spacial score (nSPS) is 17.5. The van der Waals surface area contributed by atoms with E-state index in [0.717, 1.165) is 28.7 Å². The molecule has 3 aliphatic rings. The van der Waals surface area contributed by atoms with Crippen LogP contribution >= 0.6 is 0 Å². The first kappa shape index (κ1) is 32.8. The highest BCUT2D eigenvalue weighted by atomic mass is 16.4. The number of fused-ring (bicyclic) bond motifs is 1. The van der Waals surface area contributed by atoms with Crippen molar-refractivity contribution in [3.05, 3.63) is 148 Å². The van der Waals surface area contributed by atoms with Crippen LogP contribution < -0.4 is 5.32 Å². The van der Waals surface area contributed by atoms with Gasteiger partial charge >= 0.3 is 11.9 Å². The number of benzene rings is 4. The Labute approximate surface area is 286 Å². The molecule has 0 aliphatic heterocycles. The van der Waals surface area contributed by atoms with Gasteiger partial charge in [-0.15, -0.1) is 0 Å². The van der Waals surface area contributed by atoms with Crippen molar-refractivity contribution in [2.75, 3.05) is 5.32 Å². The Morgan fingerprint density at radius 2 is 1.18 bits per heavy atom. The second-order valence-corrected chi connectivity index (χ2v) is 12.9. The van der Waals surface area contributed by atoms with E-state index in [9.17, 15) is 19.5 Å². The summed E-state index contributed by atoms with van der Waals surface area (Å²) in [4.78, 5) is 36.3. The van der Waals surface area contributed by atoms with Crippen LogP contribution in [-0.4, -0.2) is 28.1 Å². The fourth-order valence-corrected chi connectivity index (χ4v) is 6.50. The number of carbonyl (C=O) groups excluding carboxylic acids is 1. The monoisotopic (exact) mass is 645 g/mol. The van der Waals surface area contributed by atoms with Crippen LogP contribution in [0.25, 0.3) is 11.1 Å². The highest BCUT2D eigenvalue weighted by Crippen LogP contribution is 2.47. The Kier molecular flexibility index (Phi) is 9.33. The highest BCUT2D eigenvalue weighted by molar-refractivity contribution is 6.07. The molecular weight excluding hydrogens is 610 g/mol. The van der Waals surface area contributed by atoms with Gasteiger partial charge in [0.05, 0.1) is 16.8 Å². The first-order valence-electron chi connectivity index (χ1n) is 16.2. The lowest BCUT2D eigenvalue weighted by Gasteiger charge is -2.41. The topological polar surface area (TPSA) is 104 Å². The maximum Gasteiger partial charge on any atom is 0.335 e. The van der Waals surface area contributed by atoms with E-state index in [2.05, 4.69) is 61.9 Å². The smallest absolute Gasteiger partial charge is 0.335 e. The number of carboxylic acids is 2. The number of anilines is 1. The van der Waals surface area contributed by atoms with Gasteiger partial charge in [-0.1, -0.05) is 73.5 Å². The lowest BCUT2D eigenvalue weighted by molar-refractivity contribution is -0.113. The molecule has 0 fully saturated rings. The van der Waals surface area contributed by atoms with Crippen LogP contribution in [0.2, 0.25) is 0 Å². The van der Waals surface area contributed by atoms with E-state index in [1.807, 2.05) is 42.5 Å². The van der Waals surface area contributed by atoms with Gasteiger partial charge in [-0.05, 0) is 109 Å². The Morgan fingerprint density at radius 3 is 1.67 bits per heavy atom. The molecule has 3 atom stereocenters. The van der Waals surface area contributed by atoms with Gasteiger partial charge < -0.3 is 15.5 Å². The van der Waals surface area contributed by atoms with Crippen molar-refractivity contribution in [1.82, 2.24) is 0 Å². The number of nitrogens with one attached hydrogen (secondary N) is 1. The van der Waals surface area contributed by atoms with Gasteiger partial charge in [0.2, 0.25) is 0 Å². The summed E-state index contributed by atoms with van der Waals surface area (Å²) in [5, 5.41) is 21.6. The van der Waals surface area contributed by atoms with Crippen LogP contribution in [0.3, 0.4) is 0 Å². The molecule has 242 valence electrons. The summed E-state index contributed by atoms with van der Waals surface area (Å²) in [5.41, 5.74) is 7.79. The Bertz CT molecular complexity index is 2130. The third kappa shape index (κ3) is 7.40. The van der Waals surface area contributed by atoms with Crippen molar-refractivity contribution in [2.24, 2.45) is 23.7 Å². The molecule has 0 radical (unpaired) electrons. The summed E-state index contributed by atoms with van der Waals surface area (Å²) in [6.45, 7) is 6.60. The predicted molar refractivity (Wildman–Crippen MR) is 191 cm³/mol. The molecule has 3 unspecified atom stereocenters. The average molecular weight is 646 g/mol. The summed E-state index contributed by atoms with van der Waals surface area (Å²) in [6, 6.07) is 26.3. The van der Waals surface area contributed by atoms with E-state index in [4.69, 9.17) is 5.11 Å². The zero-order chi connectivity index (χ0) is 34.7. The van der Waals surface area contributed by atoms with Crippen molar-refractivity contribution in [3.8, 4) is 34.8 Å². The maximum absolute atomic E-state index is 14.0. The van der Waals surface area contributed by atoms with Crippen molar-refractivity contribution in [3.63, 3.8) is 0 Å². The molecule has 2 bridgehead atoms. The lowest BCUT2D eigenvalue weighted by atomic mass is 9.63. The van der Waals surface area contributed by atoms with Crippen molar-refractivity contribution in [2.45, 2.75) is 27.2 Å². The van der Waals surface area contributed by atoms with Crippen molar-refractivity contribution in [1.29, 1.82) is 0 Å². The minimum atomic E-state index is -0.991. The number of allylic oxidation sites excluding steroid dienone is 3. The number of carboxylic acid groups (broad SMARTS) is 2. The minimum Gasteiger partial charge on any atom is -0.478 e. The van der Waals surface area contributed by atoms with Gasteiger partial charge in [-0.3, -0.25) is 4.79 Å². The van der Waals surface area contributed by atoms with E-state index in [-0.39, 0.29) is 28.9 Å². The fraction of sp³-hybridized carbons (Fsp3) is 0.186. The molecule has 3 N–H and O–H groups in total. The zero-order valence-corrected chi connectivity index (χ0v) is 27.5. The van der Waals surface area contributed by atoms with E-state index in [1.54, 1.807) is 24.3 Å².